The molecule has 2 N–H and O–H groups in total. The number of guanidine groups is 1. The number of aryl methyl sites for hydroxylation is 1. The lowest BCUT2D eigenvalue weighted by Crippen LogP contribution is -2.49. The van der Waals surface area contributed by atoms with Crippen LogP contribution in [0.15, 0.2) is 23.2 Å². The Hall–Kier alpha value is -1.16. The second-order valence-electron chi connectivity index (χ2n) is 7.04. The Balaban J connectivity index is 0.00000364. The van der Waals surface area contributed by atoms with Crippen LogP contribution in [0.4, 0.5) is 14.5 Å². The van der Waals surface area contributed by atoms with Crippen LogP contribution in [0.25, 0.3) is 0 Å². The third kappa shape index (κ3) is 7.77. The van der Waals surface area contributed by atoms with Crippen molar-refractivity contribution in [3.63, 3.8) is 0 Å². The Morgan fingerprint density at radius 3 is 2.48 bits per heavy atom. The summed E-state index contributed by atoms with van der Waals surface area (Å²) >= 11 is 0. The molecular formula is C19H32F2IN5. The van der Waals surface area contributed by atoms with E-state index in [-0.39, 0.29) is 36.6 Å². The van der Waals surface area contributed by atoms with Gasteiger partial charge in [-0.2, -0.15) is 0 Å². The first-order valence-corrected chi connectivity index (χ1v) is 9.13. The van der Waals surface area contributed by atoms with E-state index >= 15 is 0 Å². The van der Waals surface area contributed by atoms with E-state index in [0.29, 0.717) is 19.6 Å². The Labute approximate surface area is 178 Å². The highest BCUT2D eigenvalue weighted by Gasteiger charge is 2.21. The van der Waals surface area contributed by atoms with E-state index in [1.54, 1.807) is 7.05 Å². The van der Waals surface area contributed by atoms with Gasteiger partial charge in [0, 0.05) is 52.5 Å². The van der Waals surface area contributed by atoms with Gasteiger partial charge < -0.3 is 15.5 Å². The van der Waals surface area contributed by atoms with Crippen LogP contribution in [0.3, 0.4) is 0 Å². The van der Waals surface area contributed by atoms with Crippen molar-refractivity contribution in [2.24, 2.45) is 4.99 Å². The first kappa shape index (κ1) is 23.9. The fourth-order valence-electron chi connectivity index (χ4n) is 3.18. The van der Waals surface area contributed by atoms with Crippen molar-refractivity contribution in [1.82, 2.24) is 15.5 Å². The molecule has 0 aromatic heterocycles. The van der Waals surface area contributed by atoms with E-state index in [9.17, 15) is 8.78 Å². The first-order valence-electron chi connectivity index (χ1n) is 9.13. The lowest BCUT2D eigenvalue weighted by Gasteiger charge is -2.32. The van der Waals surface area contributed by atoms with Crippen molar-refractivity contribution < 1.29 is 8.78 Å². The molecule has 5 nitrogen and oxygen atoms in total. The number of piperidine rings is 1. The second kappa shape index (κ2) is 11.6. The summed E-state index contributed by atoms with van der Waals surface area (Å²) in [6.07, 6.45) is -0.551. The van der Waals surface area contributed by atoms with Crippen molar-refractivity contribution in [2.45, 2.75) is 38.8 Å². The summed E-state index contributed by atoms with van der Waals surface area (Å²) in [7, 11) is 5.82. The summed E-state index contributed by atoms with van der Waals surface area (Å²) in [5, 5.41) is 6.77. The minimum atomic E-state index is -2.25. The van der Waals surface area contributed by atoms with Crippen LogP contribution < -0.4 is 15.5 Å². The van der Waals surface area contributed by atoms with Crippen LogP contribution in [0.2, 0.25) is 0 Å². The van der Waals surface area contributed by atoms with E-state index in [0.717, 1.165) is 18.8 Å². The van der Waals surface area contributed by atoms with Gasteiger partial charge in [-0.25, -0.2) is 8.78 Å². The minimum Gasteiger partial charge on any atom is -0.378 e. The number of rotatable bonds is 6. The normalized spacial score (nSPS) is 16.2. The summed E-state index contributed by atoms with van der Waals surface area (Å²) < 4.78 is 24.9. The van der Waals surface area contributed by atoms with Crippen molar-refractivity contribution in [1.29, 1.82) is 0 Å². The molecule has 0 unspecified atom stereocenters. The maximum atomic E-state index is 12.5. The predicted octanol–water partition coefficient (Wildman–Crippen LogP) is 3.07. The number of aliphatic imine (C=N–C) groups is 1. The van der Waals surface area contributed by atoms with Crippen LogP contribution in [-0.4, -0.2) is 64.1 Å². The Kier molecular flexibility index (Phi) is 10.3. The fourth-order valence-corrected chi connectivity index (χ4v) is 3.18. The van der Waals surface area contributed by atoms with Gasteiger partial charge in [0.25, 0.3) is 6.43 Å². The summed E-state index contributed by atoms with van der Waals surface area (Å²) in [5.41, 5.74) is 3.65. The lowest BCUT2D eigenvalue weighted by atomic mass is 10.1. The number of nitrogens with one attached hydrogen (secondary N) is 2. The second-order valence-corrected chi connectivity index (χ2v) is 7.04. The number of likely N-dealkylation sites (tertiary alicyclic amines) is 1. The first-order chi connectivity index (χ1) is 12.4. The molecule has 154 valence electrons. The average molecular weight is 495 g/mol. The van der Waals surface area contributed by atoms with E-state index in [2.05, 4.69) is 45.6 Å². The summed E-state index contributed by atoms with van der Waals surface area (Å²) in [6.45, 7) is 4.08. The third-order valence-electron chi connectivity index (χ3n) is 4.84. The number of hydrogen-bond acceptors (Lipinski definition) is 3. The standard InChI is InChI=1S/C19H31F2N5.HI/c1-14-11-17(25(3)4)6-5-15(14)12-23-19(22-2)24-16-7-9-26(10-8-16)13-18(20)21;/h5-6,11,16,18H,7-10,12-13H2,1-4H3,(H2,22,23,24);1H. The molecular weight excluding hydrogens is 463 g/mol. The van der Waals surface area contributed by atoms with Gasteiger partial charge in [0.15, 0.2) is 5.96 Å². The molecule has 0 aliphatic carbocycles. The topological polar surface area (TPSA) is 42.9 Å². The summed E-state index contributed by atoms with van der Waals surface area (Å²) in [4.78, 5) is 8.21. The molecule has 1 aliphatic rings. The molecule has 0 atom stereocenters. The third-order valence-corrected chi connectivity index (χ3v) is 4.84. The quantitative estimate of drug-likeness (QED) is 0.362. The van der Waals surface area contributed by atoms with Crippen molar-refractivity contribution >= 4 is 35.6 Å². The molecule has 0 saturated carbocycles. The molecule has 1 aromatic carbocycles. The van der Waals surface area contributed by atoms with Gasteiger partial charge >= 0.3 is 0 Å². The summed E-state index contributed by atoms with van der Waals surface area (Å²) in [6, 6.07) is 6.69. The molecule has 1 heterocycles. The van der Waals surface area contributed by atoms with Crippen LogP contribution in [0, 0.1) is 6.92 Å². The molecule has 27 heavy (non-hydrogen) atoms. The average Bonchev–Trinajstić information content (AvgIpc) is 2.60. The highest BCUT2D eigenvalue weighted by atomic mass is 127. The molecule has 0 radical (unpaired) electrons. The van der Waals surface area contributed by atoms with Crippen LogP contribution >= 0.6 is 24.0 Å². The molecule has 1 aliphatic heterocycles. The number of nitrogens with zero attached hydrogens (tertiary/aromatic N) is 3. The summed E-state index contributed by atoms with van der Waals surface area (Å²) in [5.74, 6) is 0.758. The molecule has 1 saturated heterocycles. The van der Waals surface area contributed by atoms with Gasteiger partial charge in [0.1, 0.15) is 0 Å². The molecule has 1 aromatic rings. The highest BCUT2D eigenvalue weighted by molar-refractivity contribution is 14.0. The SMILES string of the molecule is CN=C(NCc1ccc(N(C)C)cc1C)NC1CCN(CC(F)F)CC1.I. The smallest absolute Gasteiger partial charge is 0.251 e. The number of alkyl halides is 2. The molecule has 0 spiro atoms. The maximum Gasteiger partial charge on any atom is 0.251 e. The molecule has 0 bridgehead atoms. The van der Waals surface area contributed by atoms with E-state index < -0.39 is 6.43 Å². The van der Waals surface area contributed by atoms with Crippen molar-refractivity contribution in [3.05, 3.63) is 29.3 Å². The largest absolute Gasteiger partial charge is 0.378 e. The van der Waals surface area contributed by atoms with Gasteiger partial charge in [-0.3, -0.25) is 9.89 Å². The number of hydrogen-bond donors (Lipinski definition) is 2. The maximum absolute atomic E-state index is 12.5. The van der Waals surface area contributed by atoms with Gasteiger partial charge in [-0.05, 0) is 43.0 Å². The van der Waals surface area contributed by atoms with E-state index in [1.165, 1.54) is 16.8 Å². The predicted molar refractivity (Wildman–Crippen MR) is 120 cm³/mol. The molecule has 0 amide bonds. The zero-order valence-corrected chi connectivity index (χ0v) is 19.0. The Bertz CT molecular complexity index is 602. The Morgan fingerprint density at radius 1 is 1.30 bits per heavy atom. The van der Waals surface area contributed by atoms with E-state index in [4.69, 9.17) is 0 Å². The molecule has 2 rings (SSSR count). The minimum absolute atomic E-state index is 0. The van der Waals surface area contributed by atoms with Crippen molar-refractivity contribution in [3.8, 4) is 0 Å². The number of benzene rings is 1. The fraction of sp³-hybridized carbons (Fsp3) is 0.632. The Morgan fingerprint density at radius 2 is 1.96 bits per heavy atom. The monoisotopic (exact) mass is 495 g/mol. The van der Waals surface area contributed by atoms with Gasteiger partial charge in [0.2, 0.25) is 0 Å². The van der Waals surface area contributed by atoms with E-state index in [1.807, 2.05) is 19.0 Å². The molecule has 1 fully saturated rings. The zero-order chi connectivity index (χ0) is 19.1. The molecule has 8 heteroatoms. The van der Waals surface area contributed by atoms with Gasteiger partial charge in [-0.1, -0.05) is 6.07 Å². The van der Waals surface area contributed by atoms with Crippen LogP contribution in [-0.2, 0) is 6.54 Å². The number of anilines is 1. The lowest BCUT2D eigenvalue weighted by molar-refractivity contribution is 0.0744. The van der Waals surface area contributed by atoms with Gasteiger partial charge in [0.05, 0.1) is 6.54 Å². The van der Waals surface area contributed by atoms with Gasteiger partial charge in [-0.15, -0.1) is 24.0 Å². The zero-order valence-electron chi connectivity index (χ0n) is 16.6. The highest BCUT2D eigenvalue weighted by Crippen LogP contribution is 2.17. The number of halogens is 3. The van der Waals surface area contributed by atoms with Crippen LogP contribution in [0.5, 0.6) is 0 Å². The van der Waals surface area contributed by atoms with Crippen LogP contribution in [0.1, 0.15) is 24.0 Å². The van der Waals surface area contributed by atoms with Crippen molar-refractivity contribution in [2.75, 3.05) is 45.7 Å².